The van der Waals surface area contributed by atoms with Crippen LogP contribution in [0, 0.1) is 0 Å². The van der Waals surface area contributed by atoms with Gasteiger partial charge in [0, 0.05) is 42.7 Å². The van der Waals surface area contributed by atoms with E-state index in [0.717, 1.165) is 16.8 Å². The molecule has 5 amide bonds. The zero-order valence-electron chi connectivity index (χ0n) is 20.2. The van der Waals surface area contributed by atoms with Crippen LogP contribution in [-0.2, 0) is 22.7 Å². The second-order valence-electron chi connectivity index (χ2n) is 9.33. The van der Waals surface area contributed by atoms with Gasteiger partial charge in [-0.1, -0.05) is 18.2 Å². The van der Waals surface area contributed by atoms with E-state index in [1.807, 2.05) is 43.5 Å². The van der Waals surface area contributed by atoms with Crippen molar-refractivity contribution in [3.8, 4) is 0 Å². The Morgan fingerprint density at radius 2 is 1.97 bits per heavy atom. The number of imide groups is 1. The number of nitrogens with zero attached hydrogens (tertiary/aromatic N) is 3. The molecule has 3 atom stereocenters. The number of urea groups is 1. The van der Waals surface area contributed by atoms with E-state index >= 15 is 0 Å². The van der Waals surface area contributed by atoms with Gasteiger partial charge in [0.2, 0.25) is 11.8 Å². The molecule has 10 heteroatoms. The van der Waals surface area contributed by atoms with Crippen LogP contribution in [0.3, 0.4) is 0 Å². The van der Waals surface area contributed by atoms with Crippen molar-refractivity contribution >= 4 is 41.3 Å². The molecule has 0 aromatic heterocycles. The largest absolute Gasteiger partial charge is 0.342 e. The second-order valence-corrected chi connectivity index (χ2v) is 9.33. The third kappa shape index (κ3) is 4.53. The fourth-order valence-electron chi connectivity index (χ4n) is 5.02. The topological polar surface area (TPSA) is 123 Å². The normalized spacial score (nSPS) is 23.1. The molecule has 1 fully saturated rings. The van der Waals surface area contributed by atoms with Gasteiger partial charge in [-0.25, -0.2) is 4.79 Å². The van der Waals surface area contributed by atoms with E-state index in [2.05, 4.69) is 32.8 Å². The van der Waals surface area contributed by atoms with Crippen LogP contribution in [0.1, 0.15) is 48.2 Å². The number of fused-ring (bicyclic) bond motifs is 1. The minimum Gasteiger partial charge on any atom is -0.342 e. The fourth-order valence-corrected chi connectivity index (χ4v) is 5.02. The highest BCUT2D eigenvalue weighted by molar-refractivity contribution is 6.05. The Morgan fingerprint density at radius 1 is 1.14 bits per heavy atom. The van der Waals surface area contributed by atoms with Crippen LogP contribution >= 0.6 is 0 Å². The Hall–Kier alpha value is -4.21. The van der Waals surface area contributed by atoms with Crippen LogP contribution in [-0.4, -0.2) is 53.1 Å². The minimum absolute atomic E-state index is 0.0432. The molecule has 36 heavy (non-hydrogen) atoms. The zero-order chi connectivity index (χ0) is 25.4. The summed E-state index contributed by atoms with van der Waals surface area (Å²) >= 11 is 0. The number of benzene rings is 2. The van der Waals surface area contributed by atoms with Crippen molar-refractivity contribution in [2.24, 2.45) is 4.99 Å². The third-order valence-electron chi connectivity index (χ3n) is 6.80. The molecule has 3 aliphatic rings. The lowest BCUT2D eigenvalue weighted by atomic mass is 10.0. The first-order valence-electron chi connectivity index (χ1n) is 12.0. The number of amides is 5. The van der Waals surface area contributed by atoms with Crippen molar-refractivity contribution in [2.75, 3.05) is 10.2 Å². The maximum absolute atomic E-state index is 12.8. The Bertz CT molecular complexity index is 1260. The summed E-state index contributed by atoms with van der Waals surface area (Å²) in [6, 6.07) is 12.2. The molecule has 0 aliphatic carbocycles. The summed E-state index contributed by atoms with van der Waals surface area (Å²) in [4.78, 5) is 57.2. The molecule has 0 radical (unpaired) electrons. The molecule has 0 spiro atoms. The predicted octanol–water partition coefficient (Wildman–Crippen LogP) is 2.39. The average molecular weight is 489 g/mol. The summed E-state index contributed by atoms with van der Waals surface area (Å²) in [5, 5.41) is 8.03. The Kier molecular flexibility index (Phi) is 6.17. The van der Waals surface area contributed by atoms with Crippen LogP contribution in [0.5, 0.6) is 0 Å². The van der Waals surface area contributed by atoms with Crippen molar-refractivity contribution < 1.29 is 19.2 Å². The average Bonchev–Trinajstić information content (AvgIpc) is 3.35. The first kappa shape index (κ1) is 23.5. The summed E-state index contributed by atoms with van der Waals surface area (Å²) in [6.45, 7) is 4.68. The molecule has 186 valence electrons. The van der Waals surface area contributed by atoms with Gasteiger partial charge in [0.05, 0.1) is 6.04 Å². The monoisotopic (exact) mass is 488 g/mol. The predicted molar refractivity (Wildman–Crippen MR) is 135 cm³/mol. The van der Waals surface area contributed by atoms with Crippen molar-refractivity contribution in [3.05, 3.63) is 59.2 Å². The number of carbonyl (C=O) groups is 4. The van der Waals surface area contributed by atoms with Crippen molar-refractivity contribution in [3.63, 3.8) is 0 Å². The number of aliphatic imine (C=N–C) groups is 1. The highest BCUT2D eigenvalue weighted by Gasteiger charge is 2.39. The highest BCUT2D eigenvalue weighted by atomic mass is 16.2. The van der Waals surface area contributed by atoms with E-state index in [1.54, 1.807) is 12.1 Å². The van der Waals surface area contributed by atoms with Gasteiger partial charge in [-0.2, -0.15) is 0 Å². The molecule has 2 aromatic rings. The summed E-state index contributed by atoms with van der Waals surface area (Å²) in [7, 11) is 0. The number of hydrogen-bond acceptors (Lipinski definition) is 6. The molecular weight excluding hydrogens is 460 g/mol. The molecule has 3 aliphatic heterocycles. The van der Waals surface area contributed by atoms with E-state index in [1.165, 1.54) is 4.90 Å². The smallest absolute Gasteiger partial charge is 0.319 e. The molecular formula is C26H28N6O4. The van der Waals surface area contributed by atoms with E-state index in [4.69, 9.17) is 0 Å². The van der Waals surface area contributed by atoms with Crippen LogP contribution in [0.4, 0.5) is 16.2 Å². The van der Waals surface area contributed by atoms with Gasteiger partial charge >= 0.3 is 6.03 Å². The number of carbonyl (C=O) groups excluding carboxylic acids is 4. The molecule has 3 unspecified atom stereocenters. The van der Waals surface area contributed by atoms with Gasteiger partial charge in [0.1, 0.15) is 12.2 Å². The lowest BCUT2D eigenvalue weighted by Crippen LogP contribution is -2.52. The minimum atomic E-state index is -0.649. The van der Waals surface area contributed by atoms with Gasteiger partial charge in [0.25, 0.3) is 5.91 Å². The Balaban J connectivity index is 1.19. The number of hydrogen-bond donors (Lipinski definition) is 3. The quantitative estimate of drug-likeness (QED) is 0.558. The maximum Gasteiger partial charge on any atom is 0.319 e. The standard InChI is InChI=1S/C26H28N6O4/c1-15-12-27-16(2)32(15)20-5-3-4-19(11-20)29-26(36)28-13-17-6-7-21-18(10-17)14-31(25(21)35)22-8-9-23(33)30-24(22)34/h3-7,10-12,15-16,22H,8-9,13-14H2,1-2H3,(H2,28,29,36)(H,30,33,34). The third-order valence-corrected chi connectivity index (χ3v) is 6.80. The summed E-state index contributed by atoms with van der Waals surface area (Å²) in [5.74, 6) is -0.965. The Morgan fingerprint density at radius 3 is 2.72 bits per heavy atom. The zero-order valence-corrected chi connectivity index (χ0v) is 20.2. The molecule has 5 rings (SSSR count). The molecule has 0 saturated carbocycles. The van der Waals surface area contributed by atoms with Crippen LogP contribution in [0.2, 0.25) is 0 Å². The lowest BCUT2D eigenvalue weighted by molar-refractivity contribution is -0.136. The number of piperidine rings is 1. The van der Waals surface area contributed by atoms with E-state index < -0.39 is 11.9 Å². The van der Waals surface area contributed by atoms with Crippen molar-refractivity contribution in [1.82, 2.24) is 15.5 Å². The van der Waals surface area contributed by atoms with Gasteiger partial charge in [0.15, 0.2) is 0 Å². The number of nitrogens with one attached hydrogen (secondary N) is 3. The molecule has 2 aromatic carbocycles. The van der Waals surface area contributed by atoms with Gasteiger partial charge < -0.3 is 20.4 Å². The van der Waals surface area contributed by atoms with E-state index in [0.29, 0.717) is 24.2 Å². The first-order chi connectivity index (χ1) is 17.3. The number of anilines is 2. The van der Waals surface area contributed by atoms with Crippen LogP contribution in [0.25, 0.3) is 0 Å². The second kappa shape index (κ2) is 9.44. The molecule has 3 heterocycles. The number of rotatable bonds is 5. The van der Waals surface area contributed by atoms with Gasteiger partial charge in [-0.3, -0.25) is 24.7 Å². The highest BCUT2D eigenvalue weighted by Crippen LogP contribution is 2.29. The van der Waals surface area contributed by atoms with Crippen LogP contribution < -0.4 is 20.9 Å². The van der Waals surface area contributed by atoms with Gasteiger partial charge in [-0.15, -0.1) is 0 Å². The van der Waals surface area contributed by atoms with Crippen molar-refractivity contribution in [1.29, 1.82) is 0 Å². The summed E-state index contributed by atoms with van der Waals surface area (Å²) in [6.07, 6.45) is 2.50. The van der Waals surface area contributed by atoms with Crippen molar-refractivity contribution in [2.45, 2.75) is 58.0 Å². The van der Waals surface area contributed by atoms with E-state index in [-0.39, 0.29) is 43.0 Å². The Labute approximate surface area is 208 Å². The van der Waals surface area contributed by atoms with Gasteiger partial charge in [-0.05, 0) is 55.7 Å². The summed E-state index contributed by atoms with van der Waals surface area (Å²) in [5.41, 5.74) is 3.84. The fraction of sp³-hybridized carbons (Fsp3) is 0.346. The first-order valence-corrected chi connectivity index (χ1v) is 12.0. The molecule has 1 saturated heterocycles. The summed E-state index contributed by atoms with van der Waals surface area (Å²) < 4.78 is 0. The molecule has 0 bridgehead atoms. The van der Waals surface area contributed by atoms with Crippen LogP contribution in [0.15, 0.2) is 47.5 Å². The SMILES string of the molecule is CC1C=NC(C)N1c1cccc(NC(=O)NCc2ccc3c(c2)CN(C2CCC(=O)NC2=O)C3=O)c1. The molecule has 3 N–H and O–H groups in total. The lowest BCUT2D eigenvalue weighted by Gasteiger charge is -2.29. The molecule has 10 nitrogen and oxygen atoms in total. The van der Waals surface area contributed by atoms with E-state index in [9.17, 15) is 19.2 Å². The maximum atomic E-state index is 12.8.